The van der Waals surface area contributed by atoms with Crippen molar-refractivity contribution in [2.75, 3.05) is 18.4 Å². The number of aliphatic hydroxyl groups is 1. The minimum atomic E-state index is -0.605. The van der Waals surface area contributed by atoms with Gasteiger partial charge in [0.2, 0.25) is 6.29 Å². The molecular formula is C28H29N3O6. The number of non-ortho nitro benzene ring substituents is 1. The average Bonchev–Trinajstić information content (AvgIpc) is 2.95. The van der Waals surface area contributed by atoms with Crippen LogP contribution in [0.3, 0.4) is 0 Å². The zero-order chi connectivity index (χ0) is 26.0. The van der Waals surface area contributed by atoms with Crippen molar-refractivity contribution in [3.63, 3.8) is 0 Å². The fourth-order valence-corrected chi connectivity index (χ4v) is 3.95. The minimum absolute atomic E-state index is 0.0156. The van der Waals surface area contributed by atoms with Crippen molar-refractivity contribution in [2.45, 2.75) is 31.8 Å². The van der Waals surface area contributed by atoms with E-state index < -0.39 is 11.2 Å². The van der Waals surface area contributed by atoms with Crippen LogP contribution in [0, 0.1) is 10.1 Å². The summed E-state index contributed by atoms with van der Waals surface area (Å²) in [6.07, 6.45) is 1.79. The van der Waals surface area contributed by atoms with E-state index in [0.29, 0.717) is 26.1 Å². The first-order valence-corrected chi connectivity index (χ1v) is 12.0. The summed E-state index contributed by atoms with van der Waals surface area (Å²) in [4.78, 5) is 23.2. The van der Waals surface area contributed by atoms with Gasteiger partial charge in [0, 0.05) is 43.2 Å². The molecule has 0 aliphatic carbocycles. The molecule has 192 valence electrons. The molecule has 0 unspecified atom stereocenters. The van der Waals surface area contributed by atoms with Crippen LogP contribution < -0.4 is 10.6 Å². The van der Waals surface area contributed by atoms with Crippen molar-refractivity contribution in [3.8, 4) is 0 Å². The smallest absolute Gasteiger partial charge is 0.286 e. The highest BCUT2D eigenvalue weighted by Crippen LogP contribution is 2.31. The number of nitrogens with one attached hydrogen (secondary N) is 2. The number of hydrogen-bond donors (Lipinski definition) is 3. The fourth-order valence-electron chi connectivity index (χ4n) is 3.95. The monoisotopic (exact) mass is 503 g/mol. The van der Waals surface area contributed by atoms with Crippen molar-refractivity contribution in [1.82, 2.24) is 5.32 Å². The Morgan fingerprint density at radius 1 is 1.00 bits per heavy atom. The van der Waals surface area contributed by atoms with E-state index in [1.807, 2.05) is 60.7 Å². The van der Waals surface area contributed by atoms with Crippen LogP contribution >= 0.6 is 0 Å². The van der Waals surface area contributed by atoms with Gasteiger partial charge in [0.05, 0.1) is 18.1 Å². The molecule has 9 nitrogen and oxygen atoms in total. The van der Waals surface area contributed by atoms with Crippen molar-refractivity contribution in [2.24, 2.45) is 0 Å². The molecule has 0 radical (unpaired) electrons. The largest absolute Gasteiger partial charge is 0.459 e. The molecular weight excluding hydrogens is 474 g/mol. The molecule has 9 heteroatoms. The third-order valence-electron chi connectivity index (χ3n) is 5.97. The lowest BCUT2D eigenvalue weighted by Gasteiger charge is -2.29. The molecule has 2 atom stereocenters. The maximum Gasteiger partial charge on any atom is 0.286 e. The number of carbonyl (C=O) groups is 1. The third-order valence-corrected chi connectivity index (χ3v) is 5.97. The van der Waals surface area contributed by atoms with Gasteiger partial charge in [-0.15, -0.1) is 0 Å². The van der Waals surface area contributed by atoms with E-state index in [9.17, 15) is 20.0 Å². The van der Waals surface area contributed by atoms with Crippen molar-refractivity contribution >= 4 is 17.3 Å². The number of carbonyl (C=O) groups excluding carboxylic acids is 1. The van der Waals surface area contributed by atoms with Gasteiger partial charge in [0.1, 0.15) is 0 Å². The van der Waals surface area contributed by atoms with Gasteiger partial charge < -0.3 is 25.2 Å². The Labute approximate surface area is 214 Å². The summed E-state index contributed by atoms with van der Waals surface area (Å²) in [6.45, 7) is 1.06. The second-order valence-corrected chi connectivity index (χ2v) is 8.60. The van der Waals surface area contributed by atoms with Gasteiger partial charge in [-0.1, -0.05) is 54.6 Å². The SMILES string of the molecule is O=C(NCCNc1ccc([N+](=O)[O-])cc1)C1=C[C@H](c2ccccc2)C[C@H](OCc2ccc(CO)cc2)O1. The van der Waals surface area contributed by atoms with Crippen LogP contribution in [0.4, 0.5) is 11.4 Å². The fraction of sp³-hybridized carbons (Fsp3) is 0.250. The Hall–Kier alpha value is -4.21. The summed E-state index contributed by atoms with van der Waals surface area (Å²) in [5.41, 5.74) is 3.57. The highest BCUT2D eigenvalue weighted by atomic mass is 16.7. The molecule has 0 saturated heterocycles. The summed E-state index contributed by atoms with van der Waals surface area (Å²) in [5, 5.41) is 26.0. The molecule has 1 aliphatic rings. The molecule has 37 heavy (non-hydrogen) atoms. The Bertz CT molecular complexity index is 1210. The lowest BCUT2D eigenvalue weighted by Crippen LogP contribution is -2.35. The number of nitrogens with zero attached hydrogens (tertiary/aromatic N) is 1. The topological polar surface area (TPSA) is 123 Å². The van der Waals surface area contributed by atoms with E-state index >= 15 is 0 Å². The van der Waals surface area contributed by atoms with Crippen LogP contribution in [-0.4, -0.2) is 35.3 Å². The molecule has 3 aromatic rings. The van der Waals surface area contributed by atoms with E-state index in [2.05, 4.69) is 10.6 Å². The number of nitro benzene ring substituents is 1. The number of hydrogen-bond acceptors (Lipinski definition) is 7. The maximum absolute atomic E-state index is 12.9. The first-order chi connectivity index (χ1) is 18.0. The summed E-state index contributed by atoms with van der Waals surface area (Å²) < 4.78 is 11.9. The molecule has 0 bridgehead atoms. The lowest BCUT2D eigenvalue weighted by atomic mass is 9.93. The Balaban J connectivity index is 1.34. The number of nitro groups is 1. The van der Waals surface area contributed by atoms with Crippen molar-refractivity contribution < 1.29 is 24.3 Å². The highest BCUT2D eigenvalue weighted by Gasteiger charge is 2.28. The van der Waals surface area contributed by atoms with Crippen LogP contribution in [0.2, 0.25) is 0 Å². The normalized spacial score (nSPS) is 16.8. The maximum atomic E-state index is 12.9. The van der Waals surface area contributed by atoms with E-state index in [4.69, 9.17) is 9.47 Å². The van der Waals surface area contributed by atoms with Gasteiger partial charge in [-0.2, -0.15) is 0 Å². The third kappa shape index (κ3) is 7.39. The molecule has 1 aliphatic heterocycles. The molecule has 4 rings (SSSR count). The predicted octanol–water partition coefficient (Wildman–Crippen LogP) is 4.25. The number of amides is 1. The zero-order valence-electron chi connectivity index (χ0n) is 20.2. The zero-order valence-corrected chi connectivity index (χ0v) is 20.2. The summed E-state index contributed by atoms with van der Waals surface area (Å²) in [5.74, 6) is -0.182. The summed E-state index contributed by atoms with van der Waals surface area (Å²) in [6, 6.07) is 23.5. The van der Waals surface area contributed by atoms with Crippen molar-refractivity contribution in [1.29, 1.82) is 0 Å². The van der Waals surface area contributed by atoms with Crippen LogP contribution in [0.1, 0.15) is 29.0 Å². The van der Waals surface area contributed by atoms with Gasteiger partial charge in [0.15, 0.2) is 5.76 Å². The predicted molar refractivity (Wildman–Crippen MR) is 139 cm³/mol. The number of benzene rings is 3. The van der Waals surface area contributed by atoms with Crippen LogP contribution in [0.5, 0.6) is 0 Å². The number of aliphatic hydroxyl groups excluding tert-OH is 1. The molecule has 0 saturated carbocycles. The second kappa shape index (κ2) is 12.7. The number of allylic oxidation sites excluding steroid dienone is 1. The minimum Gasteiger partial charge on any atom is -0.459 e. The highest BCUT2D eigenvalue weighted by molar-refractivity contribution is 5.91. The van der Waals surface area contributed by atoms with Crippen LogP contribution in [0.15, 0.2) is 90.7 Å². The van der Waals surface area contributed by atoms with Crippen LogP contribution in [-0.2, 0) is 27.5 Å². The lowest BCUT2D eigenvalue weighted by molar-refractivity contribution is -0.384. The van der Waals surface area contributed by atoms with E-state index in [-0.39, 0.29) is 29.9 Å². The second-order valence-electron chi connectivity index (χ2n) is 8.60. The molecule has 1 amide bonds. The Kier molecular flexibility index (Phi) is 8.85. The Morgan fingerprint density at radius 3 is 2.38 bits per heavy atom. The molecule has 1 heterocycles. The van der Waals surface area contributed by atoms with Gasteiger partial charge in [0.25, 0.3) is 11.6 Å². The van der Waals surface area contributed by atoms with Gasteiger partial charge in [-0.25, -0.2) is 0 Å². The van der Waals surface area contributed by atoms with E-state index in [1.165, 1.54) is 12.1 Å². The van der Waals surface area contributed by atoms with Crippen molar-refractivity contribution in [3.05, 3.63) is 118 Å². The molecule has 0 aromatic heterocycles. The first-order valence-electron chi connectivity index (χ1n) is 12.0. The molecule has 0 fully saturated rings. The first kappa shape index (κ1) is 25.9. The quantitative estimate of drug-likeness (QED) is 0.203. The molecule has 3 N–H and O–H groups in total. The van der Waals surface area contributed by atoms with E-state index in [1.54, 1.807) is 12.1 Å². The standard InChI is InChI=1S/C28H29N3O6/c32-18-20-6-8-21(9-7-20)19-36-27-17-23(22-4-2-1-3-5-22)16-26(37-27)28(33)30-15-14-29-24-10-12-25(13-11-24)31(34)35/h1-13,16,23,27,29,32H,14-15,17-19H2,(H,30,33)/t23-,27+/m0/s1. The van der Waals surface area contributed by atoms with Gasteiger partial charge in [-0.05, 0) is 34.9 Å². The molecule has 0 spiro atoms. The van der Waals surface area contributed by atoms with Crippen LogP contribution in [0.25, 0.3) is 0 Å². The Morgan fingerprint density at radius 2 is 1.70 bits per heavy atom. The number of ether oxygens (including phenoxy) is 2. The number of rotatable bonds is 11. The molecule has 3 aromatic carbocycles. The summed E-state index contributed by atoms with van der Waals surface area (Å²) in [7, 11) is 0. The van der Waals surface area contributed by atoms with Gasteiger partial charge >= 0.3 is 0 Å². The average molecular weight is 504 g/mol. The number of anilines is 1. The van der Waals surface area contributed by atoms with Gasteiger partial charge in [-0.3, -0.25) is 14.9 Å². The van der Waals surface area contributed by atoms with E-state index in [0.717, 1.165) is 22.4 Å². The summed E-state index contributed by atoms with van der Waals surface area (Å²) >= 11 is 0.